The molecule has 0 fully saturated rings. The van der Waals surface area contributed by atoms with Crippen LogP contribution in [-0.4, -0.2) is 22.6 Å². The largest absolute Gasteiger partial charge is 0.477 e. The molecule has 5 heteroatoms. The van der Waals surface area contributed by atoms with Crippen molar-refractivity contribution in [3.8, 4) is 0 Å². The quantitative estimate of drug-likeness (QED) is 0.826. The molecule has 0 radical (unpaired) electrons. The van der Waals surface area contributed by atoms with Gasteiger partial charge in [0.25, 0.3) is 0 Å². The van der Waals surface area contributed by atoms with Gasteiger partial charge in [-0.3, -0.25) is 4.79 Å². The first kappa shape index (κ1) is 12.7. The van der Waals surface area contributed by atoms with Crippen molar-refractivity contribution in [3.63, 3.8) is 0 Å². The summed E-state index contributed by atoms with van der Waals surface area (Å²) in [5.74, 6) is -1.31. The first-order valence-corrected chi connectivity index (χ1v) is 5.63. The van der Waals surface area contributed by atoms with Gasteiger partial charge in [0.15, 0.2) is 0 Å². The minimum atomic E-state index is -0.972. The molecule has 1 rings (SSSR count). The molecule has 1 heterocycles. The van der Waals surface area contributed by atoms with Crippen LogP contribution in [0.25, 0.3) is 0 Å². The van der Waals surface area contributed by atoms with E-state index >= 15 is 0 Å². The number of rotatable bonds is 3. The molecule has 0 saturated heterocycles. The number of ether oxygens (including phenoxy) is 1. The number of esters is 1. The minimum absolute atomic E-state index is 0.120. The summed E-state index contributed by atoms with van der Waals surface area (Å²) in [6.45, 7) is 5.38. The van der Waals surface area contributed by atoms with E-state index in [0.29, 0.717) is 4.88 Å². The maximum atomic E-state index is 11.4. The van der Waals surface area contributed by atoms with Gasteiger partial charge in [0, 0.05) is 4.88 Å². The third-order valence-corrected chi connectivity index (χ3v) is 2.68. The average Bonchev–Trinajstić information content (AvgIpc) is 2.48. The lowest BCUT2D eigenvalue weighted by Gasteiger charge is -2.19. The lowest BCUT2D eigenvalue weighted by atomic mass is 10.2. The van der Waals surface area contributed by atoms with Gasteiger partial charge in [0.05, 0.1) is 6.42 Å². The van der Waals surface area contributed by atoms with E-state index in [-0.39, 0.29) is 17.3 Å². The van der Waals surface area contributed by atoms with Crippen LogP contribution in [0.5, 0.6) is 0 Å². The van der Waals surface area contributed by atoms with Crippen LogP contribution in [0, 0.1) is 0 Å². The second-order valence-electron chi connectivity index (χ2n) is 4.33. The molecule has 0 aliphatic carbocycles. The molecule has 0 atom stereocenters. The topological polar surface area (TPSA) is 63.6 Å². The molecule has 1 aromatic rings. The van der Waals surface area contributed by atoms with Gasteiger partial charge in [0.1, 0.15) is 10.5 Å². The smallest absolute Gasteiger partial charge is 0.345 e. The summed E-state index contributed by atoms with van der Waals surface area (Å²) in [5, 5.41) is 8.71. The summed E-state index contributed by atoms with van der Waals surface area (Å²) >= 11 is 1.09. The molecule has 1 N–H and O–H groups in total. The van der Waals surface area contributed by atoms with E-state index in [0.717, 1.165) is 11.3 Å². The van der Waals surface area contributed by atoms with Gasteiger partial charge in [-0.1, -0.05) is 0 Å². The fraction of sp³-hybridized carbons (Fsp3) is 0.455. The lowest BCUT2D eigenvalue weighted by molar-refractivity contribution is -0.153. The standard InChI is InChI=1S/C11H14O4S/c1-11(2,3)15-9(12)6-7-4-5-8(16-7)10(13)14/h4-5H,6H2,1-3H3,(H,13,14). The van der Waals surface area contributed by atoms with E-state index in [1.807, 2.05) is 0 Å². The molecule has 16 heavy (non-hydrogen) atoms. The van der Waals surface area contributed by atoms with Crippen molar-refractivity contribution in [1.29, 1.82) is 0 Å². The zero-order chi connectivity index (χ0) is 12.3. The summed E-state index contributed by atoms with van der Waals surface area (Å²) in [6.07, 6.45) is 0.120. The van der Waals surface area contributed by atoms with Crippen LogP contribution >= 0.6 is 11.3 Å². The third-order valence-electron chi connectivity index (χ3n) is 1.61. The van der Waals surface area contributed by atoms with Crippen LogP contribution in [0.1, 0.15) is 35.3 Å². The number of aromatic carboxylic acids is 1. The number of carboxylic acid groups (broad SMARTS) is 1. The predicted molar refractivity (Wildman–Crippen MR) is 60.8 cm³/mol. The minimum Gasteiger partial charge on any atom is -0.477 e. The Balaban J connectivity index is 2.60. The first-order valence-electron chi connectivity index (χ1n) is 4.82. The van der Waals surface area contributed by atoms with Crippen molar-refractivity contribution in [2.45, 2.75) is 32.8 Å². The number of hydrogen-bond acceptors (Lipinski definition) is 4. The molecule has 0 bridgehead atoms. The summed E-state index contributed by atoms with van der Waals surface area (Å²) in [6, 6.07) is 3.13. The van der Waals surface area contributed by atoms with E-state index in [4.69, 9.17) is 9.84 Å². The molecule has 0 aliphatic rings. The highest BCUT2D eigenvalue weighted by Gasteiger charge is 2.17. The number of thiophene rings is 1. The fourth-order valence-electron chi connectivity index (χ4n) is 1.11. The van der Waals surface area contributed by atoms with Gasteiger partial charge in [0.2, 0.25) is 0 Å². The van der Waals surface area contributed by atoms with E-state index < -0.39 is 11.6 Å². The maximum absolute atomic E-state index is 11.4. The molecule has 4 nitrogen and oxygen atoms in total. The van der Waals surface area contributed by atoms with Crippen molar-refractivity contribution in [2.24, 2.45) is 0 Å². The first-order chi connectivity index (χ1) is 7.28. The summed E-state index contributed by atoms with van der Waals surface area (Å²) in [4.78, 5) is 23.0. The Hall–Kier alpha value is -1.36. The van der Waals surface area contributed by atoms with Crippen molar-refractivity contribution >= 4 is 23.3 Å². The number of hydrogen-bond donors (Lipinski definition) is 1. The second-order valence-corrected chi connectivity index (χ2v) is 5.50. The number of carbonyl (C=O) groups is 2. The molecule has 0 spiro atoms. The van der Waals surface area contributed by atoms with Crippen molar-refractivity contribution in [1.82, 2.24) is 0 Å². The van der Waals surface area contributed by atoms with Gasteiger partial charge in [-0.05, 0) is 32.9 Å². The van der Waals surface area contributed by atoms with Crippen molar-refractivity contribution in [2.75, 3.05) is 0 Å². The zero-order valence-corrected chi connectivity index (χ0v) is 10.3. The monoisotopic (exact) mass is 242 g/mol. The zero-order valence-electron chi connectivity index (χ0n) is 9.44. The lowest BCUT2D eigenvalue weighted by Crippen LogP contribution is -2.24. The Labute approximate surface area is 97.9 Å². The van der Waals surface area contributed by atoms with Crippen molar-refractivity contribution in [3.05, 3.63) is 21.9 Å². The molecule has 0 aromatic carbocycles. The average molecular weight is 242 g/mol. The maximum Gasteiger partial charge on any atom is 0.345 e. The van der Waals surface area contributed by atoms with Crippen molar-refractivity contribution < 1.29 is 19.4 Å². The molecule has 0 saturated carbocycles. The Kier molecular flexibility index (Phi) is 3.70. The Morgan fingerprint density at radius 3 is 2.44 bits per heavy atom. The molecule has 88 valence electrons. The molecule has 0 amide bonds. The van der Waals surface area contributed by atoms with Gasteiger partial charge in [-0.15, -0.1) is 11.3 Å². The molecular formula is C11H14O4S. The summed E-state index contributed by atoms with van der Waals surface area (Å²) in [5.41, 5.74) is -0.510. The van der Waals surface area contributed by atoms with E-state index in [1.54, 1.807) is 26.8 Å². The fourth-order valence-corrected chi connectivity index (χ4v) is 1.94. The van der Waals surface area contributed by atoms with Crippen LogP contribution in [0.2, 0.25) is 0 Å². The third kappa shape index (κ3) is 4.02. The molecule has 0 aliphatic heterocycles. The molecule has 0 unspecified atom stereocenters. The summed E-state index contributed by atoms with van der Waals surface area (Å²) in [7, 11) is 0. The van der Waals surface area contributed by atoms with E-state index in [1.165, 1.54) is 6.07 Å². The highest BCUT2D eigenvalue weighted by Crippen LogP contribution is 2.18. The Bertz CT molecular complexity index is 400. The van der Waals surface area contributed by atoms with Gasteiger partial charge >= 0.3 is 11.9 Å². The summed E-state index contributed by atoms with van der Waals surface area (Å²) < 4.78 is 5.13. The Morgan fingerprint density at radius 1 is 1.38 bits per heavy atom. The molecule has 1 aromatic heterocycles. The van der Waals surface area contributed by atoms with Gasteiger partial charge < -0.3 is 9.84 Å². The number of carboxylic acids is 1. The highest BCUT2D eigenvalue weighted by molar-refractivity contribution is 7.14. The van der Waals surface area contributed by atoms with Crippen LogP contribution in [0.3, 0.4) is 0 Å². The highest BCUT2D eigenvalue weighted by atomic mass is 32.1. The van der Waals surface area contributed by atoms with E-state index in [2.05, 4.69) is 0 Å². The van der Waals surface area contributed by atoms with Gasteiger partial charge in [-0.2, -0.15) is 0 Å². The van der Waals surface area contributed by atoms with Crippen LogP contribution < -0.4 is 0 Å². The number of carbonyl (C=O) groups excluding carboxylic acids is 1. The van der Waals surface area contributed by atoms with Crippen LogP contribution in [-0.2, 0) is 16.0 Å². The SMILES string of the molecule is CC(C)(C)OC(=O)Cc1ccc(C(=O)O)s1. The normalized spacial score (nSPS) is 11.2. The van der Waals surface area contributed by atoms with Crippen LogP contribution in [0.15, 0.2) is 12.1 Å². The Morgan fingerprint density at radius 2 is 2.00 bits per heavy atom. The second kappa shape index (κ2) is 4.65. The molecular weight excluding hydrogens is 228 g/mol. The predicted octanol–water partition coefficient (Wildman–Crippen LogP) is 2.33. The van der Waals surface area contributed by atoms with Gasteiger partial charge in [-0.25, -0.2) is 4.79 Å². The van der Waals surface area contributed by atoms with E-state index in [9.17, 15) is 9.59 Å². The van der Waals surface area contributed by atoms with Crippen LogP contribution in [0.4, 0.5) is 0 Å².